The molecule has 0 bridgehead atoms. The molecule has 0 aliphatic heterocycles. The molecule has 0 heterocycles. The van der Waals surface area contributed by atoms with Gasteiger partial charge in [0.1, 0.15) is 0 Å². The molecule has 34 heavy (non-hydrogen) atoms. The highest BCUT2D eigenvalue weighted by atomic mass is 32.2. The maximum absolute atomic E-state index is 13.2. The Morgan fingerprint density at radius 3 is 2.35 bits per heavy atom. The van der Waals surface area contributed by atoms with E-state index >= 15 is 0 Å². The lowest BCUT2D eigenvalue weighted by Crippen LogP contribution is -2.39. The number of nitrogens with one attached hydrogen (secondary N) is 1. The number of nitrogens with zero attached hydrogens (tertiary/aromatic N) is 3. The van der Waals surface area contributed by atoms with Crippen molar-refractivity contribution in [2.24, 2.45) is 5.10 Å². The maximum Gasteiger partial charge on any atom is 0.311 e. The number of nitro groups is 1. The van der Waals surface area contributed by atoms with E-state index in [0.717, 1.165) is 4.31 Å². The van der Waals surface area contributed by atoms with Crippen LogP contribution in [0, 0.1) is 10.1 Å². The molecular formula is C23H22N4O6S. The van der Waals surface area contributed by atoms with Crippen LogP contribution in [-0.4, -0.2) is 43.4 Å². The number of benzene rings is 3. The molecule has 176 valence electrons. The van der Waals surface area contributed by atoms with Gasteiger partial charge < -0.3 is 4.74 Å². The van der Waals surface area contributed by atoms with Gasteiger partial charge >= 0.3 is 5.69 Å². The molecule has 0 fully saturated rings. The van der Waals surface area contributed by atoms with Crippen LogP contribution in [0.5, 0.6) is 5.75 Å². The molecule has 0 radical (unpaired) electrons. The SMILES string of the molecule is COc1ccc(/C=N/NC(=O)CN(Cc2ccccc2)S(=O)(=O)c2ccccc2)cc1[N+](=O)[O-]. The lowest BCUT2D eigenvalue weighted by molar-refractivity contribution is -0.385. The van der Waals surface area contributed by atoms with Crippen molar-refractivity contribution in [3.8, 4) is 5.75 Å². The van der Waals surface area contributed by atoms with E-state index in [4.69, 9.17) is 4.74 Å². The molecule has 0 saturated heterocycles. The number of ether oxygens (including phenoxy) is 1. The van der Waals surface area contributed by atoms with Gasteiger partial charge in [0.2, 0.25) is 10.0 Å². The number of carbonyl (C=O) groups is 1. The molecule has 0 aliphatic carbocycles. The molecule has 3 aromatic carbocycles. The molecule has 0 unspecified atom stereocenters. The van der Waals surface area contributed by atoms with Crippen molar-refractivity contribution in [1.82, 2.24) is 9.73 Å². The first-order valence-corrected chi connectivity index (χ1v) is 11.5. The van der Waals surface area contributed by atoms with Crippen molar-refractivity contribution in [1.29, 1.82) is 0 Å². The van der Waals surface area contributed by atoms with E-state index in [1.807, 2.05) is 6.07 Å². The second-order valence-electron chi connectivity index (χ2n) is 7.05. The summed E-state index contributed by atoms with van der Waals surface area (Å²) >= 11 is 0. The molecule has 0 spiro atoms. The van der Waals surface area contributed by atoms with Crippen molar-refractivity contribution in [2.75, 3.05) is 13.7 Å². The van der Waals surface area contributed by atoms with Crippen LogP contribution < -0.4 is 10.2 Å². The quantitative estimate of drug-likeness (QED) is 0.269. The number of amides is 1. The predicted molar refractivity (Wildman–Crippen MR) is 126 cm³/mol. The predicted octanol–water partition coefficient (Wildman–Crippen LogP) is 2.94. The summed E-state index contributed by atoms with van der Waals surface area (Å²) in [7, 11) is -2.64. The average Bonchev–Trinajstić information content (AvgIpc) is 2.84. The number of carbonyl (C=O) groups excluding carboxylic acids is 1. The molecule has 3 rings (SSSR count). The van der Waals surface area contributed by atoms with Crippen LogP contribution in [0.4, 0.5) is 5.69 Å². The minimum Gasteiger partial charge on any atom is -0.490 e. The first-order chi connectivity index (χ1) is 16.3. The Hall–Kier alpha value is -4.09. The maximum atomic E-state index is 13.2. The van der Waals surface area contributed by atoms with Gasteiger partial charge in [-0.05, 0) is 29.8 Å². The second kappa shape index (κ2) is 11.2. The molecule has 0 atom stereocenters. The van der Waals surface area contributed by atoms with Crippen LogP contribution in [-0.2, 0) is 21.4 Å². The molecule has 10 nitrogen and oxygen atoms in total. The van der Waals surface area contributed by atoms with Gasteiger partial charge in [0.05, 0.1) is 29.7 Å². The summed E-state index contributed by atoms with van der Waals surface area (Å²) in [4.78, 5) is 23.1. The van der Waals surface area contributed by atoms with E-state index < -0.39 is 27.4 Å². The van der Waals surface area contributed by atoms with Gasteiger partial charge in [-0.1, -0.05) is 48.5 Å². The van der Waals surface area contributed by atoms with Gasteiger partial charge in [-0.3, -0.25) is 14.9 Å². The van der Waals surface area contributed by atoms with E-state index in [9.17, 15) is 23.3 Å². The van der Waals surface area contributed by atoms with Gasteiger partial charge in [-0.2, -0.15) is 9.41 Å². The highest BCUT2D eigenvalue weighted by Gasteiger charge is 2.26. The third-order valence-corrected chi connectivity index (χ3v) is 6.51. The molecule has 0 saturated carbocycles. The van der Waals surface area contributed by atoms with Gasteiger partial charge in [0.25, 0.3) is 5.91 Å². The fraction of sp³-hybridized carbons (Fsp3) is 0.130. The zero-order chi connectivity index (χ0) is 24.6. The Bertz CT molecular complexity index is 1280. The Morgan fingerprint density at radius 1 is 1.09 bits per heavy atom. The van der Waals surface area contributed by atoms with Gasteiger partial charge in [-0.25, -0.2) is 13.8 Å². The number of hydrogen-bond acceptors (Lipinski definition) is 7. The number of sulfonamides is 1. The summed E-state index contributed by atoms with van der Waals surface area (Å²) in [6, 6.07) is 20.9. The van der Waals surface area contributed by atoms with Crippen molar-refractivity contribution in [3.63, 3.8) is 0 Å². The average molecular weight is 483 g/mol. The van der Waals surface area contributed by atoms with Crippen molar-refractivity contribution < 1.29 is 22.9 Å². The smallest absolute Gasteiger partial charge is 0.311 e. The van der Waals surface area contributed by atoms with Crippen LogP contribution in [0.3, 0.4) is 0 Å². The minimum atomic E-state index is -3.96. The molecular weight excluding hydrogens is 460 g/mol. The Labute approximate surface area is 196 Å². The zero-order valence-electron chi connectivity index (χ0n) is 18.2. The number of hydrogen-bond donors (Lipinski definition) is 1. The fourth-order valence-electron chi connectivity index (χ4n) is 3.06. The summed E-state index contributed by atoms with van der Waals surface area (Å²) < 4.78 is 32.3. The lowest BCUT2D eigenvalue weighted by atomic mass is 10.2. The fourth-order valence-corrected chi connectivity index (χ4v) is 4.46. The molecule has 0 aliphatic rings. The second-order valence-corrected chi connectivity index (χ2v) is 8.99. The highest BCUT2D eigenvalue weighted by Crippen LogP contribution is 2.26. The number of nitro benzene ring substituents is 1. The molecule has 11 heteroatoms. The Balaban J connectivity index is 1.75. The first-order valence-electron chi connectivity index (χ1n) is 10.0. The van der Waals surface area contributed by atoms with Crippen molar-refractivity contribution in [2.45, 2.75) is 11.4 Å². The highest BCUT2D eigenvalue weighted by molar-refractivity contribution is 7.89. The Kier molecular flexibility index (Phi) is 8.06. The first kappa shape index (κ1) is 24.6. The van der Waals surface area contributed by atoms with Crippen LogP contribution in [0.2, 0.25) is 0 Å². The molecule has 1 N–H and O–H groups in total. The summed E-state index contributed by atoms with van der Waals surface area (Å²) in [5, 5.41) is 14.9. The van der Waals surface area contributed by atoms with Crippen LogP contribution >= 0.6 is 0 Å². The summed E-state index contributed by atoms with van der Waals surface area (Å²) in [6.45, 7) is -0.494. The number of rotatable bonds is 10. The van der Waals surface area contributed by atoms with Crippen molar-refractivity contribution >= 4 is 27.8 Å². The normalized spacial score (nSPS) is 11.5. The van der Waals surface area contributed by atoms with Gasteiger partial charge in [0.15, 0.2) is 5.75 Å². The van der Waals surface area contributed by atoms with E-state index in [-0.39, 0.29) is 22.9 Å². The van der Waals surface area contributed by atoms with E-state index in [0.29, 0.717) is 11.1 Å². The van der Waals surface area contributed by atoms with Crippen LogP contribution in [0.1, 0.15) is 11.1 Å². The van der Waals surface area contributed by atoms with E-state index in [1.165, 1.54) is 43.7 Å². The number of hydrazone groups is 1. The topological polar surface area (TPSA) is 131 Å². The zero-order valence-corrected chi connectivity index (χ0v) is 19.0. The summed E-state index contributed by atoms with van der Waals surface area (Å²) in [5.41, 5.74) is 3.09. The number of methoxy groups -OCH3 is 1. The summed E-state index contributed by atoms with van der Waals surface area (Å²) in [6.07, 6.45) is 1.22. The molecule has 1 amide bonds. The van der Waals surface area contributed by atoms with Gasteiger partial charge in [0, 0.05) is 18.2 Å². The van der Waals surface area contributed by atoms with E-state index in [2.05, 4.69) is 10.5 Å². The largest absolute Gasteiger partial charge is 0.490 e. The van der Waals surface area contributed by atoms with E-state index in [1.54, 1.807) is 42.5 Å². The van der Waals surface area contributed by atoms with Crippen LogP contribution in [0.15, 0.2) is 88.9 Å². The third-order valence-electron chi connectivity index (χ3n) is 4.71. The third kappa shape index (κ3) is 6.24. The van der Waals surface area contributed by atoms with Crippen molar-refractivity contribution in [3.05, 3.63) is 100 Å². The van der Waals surface area contributed by atoms with Crippen LogP contribution in [0.25, 0.3) is 0 Å². The standard InChI is InChI=1S/C23H22N4O6S/c1-33-22-13-12-19(14-21(22)27(29)30)15-24-25-23(28)17-26(16-18-8-4-2-5-9-18)34(31,32)20-10-6-3-7-11-20/h2-15H,16-17H2,1H3,(H,25,28)/b24-15+. The molecule has 3 aromatic rings. The molecule has 0 aromatic heterocycles. The van der Waals surface area contributed by atoms with Gasteiger partial charge in [-0.15, -0.1) is 0 Å². The minimum absolute atomic E-state index is 0.0140. The summed E-state index contributed by atoms with van der Waals surface area (Å²) in [5.74, 6) is -0.580. The Morgan fingerprint density at radius 2 is 1.74 bits per heavy atom. The monoisotopic (exact) mass is 482 g/mol. The lowest BCUT2D eigenvalue weighted by Gasteiger charge is -2.21.